The standard InChI is InChI=1S/C11H14O3/c12-11(13)10-6-9(7-14-10)8-4-2-1-3-5-8/h6-8H,1-5H2,(H,12,13). The Kier molecular flexibility index (Phi) is 2.57. The minimum absolute atomic E-state index is 0.0607. The van der Waals surface area contributed by atoms with Gasteiger partial charge in [-0.2, -0.15) is 0 Å². The predicted molar refractivity (Wildman–Crippen MR) is 51.5 cm³/mol. The Morgan fingerprint density at radius 1 is 1.36 bits per heavy atom. The van der Waals surface area contributed by atoms with Gasteiger partial charge in [-0.15, -0.1) is 0 Å². The van der Waals surface area contributed by atoms with Crippen molar-refractivity contribution in [2.45, 2.75) is 38.0 Å². The topological polar surface area (TPSA) is 50.4 Å². The number of furan rings is 1. The molecular weight excluding hydrogens is 180 g/mol. The van der Waals surface area contributed by atoms with Crippen LogP contribution in [0, 0.1) is 0 Å². The molecule has 1 N–H and O–H groups in total. The molecule has 1 saturated carbocycles. The Balaban J connectivity index is 2.11. The van der Waals surface area contributed by atoms with Crippen LogP contribution in [0.1, 0.15) is 54.1 Å². The Morgan fingerprint density at radius 2 is 2.07 bits per heavy atom. The summed E-state index contributed by atoms with van der Waals surface area (Å²) in [7, 11) is 0. The summed E-state index contributed by atoms with van der Waals surface area (Å²) in [6.45, 7) is 0. The summed E-state index contributed by atoms with van der Waals surface area (Å²) >= 11 is 0. The summed E-state index contributed by atoms with van der Waals surface area (Å²) in [6, 6.07) is 1.66. The molecule has 0 saturated heterocycles. The smallest absolute Gasteiger partial charge is 0.371 e. The molecule has 0 amide bonds. The molecule has 3 heteroatoms. The fraction of sp³-hybridized carbons (Fsp3) is 0.545. The fourth-order valence-corrected chi connectivity index (χ4v) is 2.11. The number of hydrogen-bond acceptors (Lipinski definition) is 2. The van der Waals surface area contributed by atoms with Gasteiger partial charge >= 0.3 is 5.97 Å². The highest BCUT2D eigenvalue weighted by Crippen LogP contribution is 2.33. The molecule has 0 spiro atoms. The molecule has 2 rings (SSSR count). The number of aromatic carboxylic acids is 1. The summed E-state index contributed by atoms with van der Waals surface area (Å²) in [5, 5.41) is 8.70. The van der Waals surface area contributed by atoms with Crippen LogP contribution in [0.3, 0.4) is 0 Å². The maximum absolute atomic E-state index is 10.6. The molecule has 3 nitrogen and oxygen atoms in total. The third-order valence-corrected chi connectivity index (χ3v) is 2.91. The van der Waals surface area contributed by atoms with E-state index in [-0.39, 0.29) is 5.76 Å². The Bertz CT molecular complexity index is 321. The Labute approximate surface area is 82.7 Å². The van der Waals surface area contributed by atoms with Crippen LogP contribution in [-0.4, -0.2) is 11.1 Å². The number of rotatable bonds is 2. The van der Waals surface area contributed by atoms with Crippen molar-refractivity contribution in [1.82, 2.24) is 0 Å². The first-order chi connectivity index (χ1) is 6.77. The van der Waals surface area contributed by atoms with Gasteiger partial charge in [0.25, 0.3) is 0 Å². The number of carboxylic acids is 1. The first-order valence-corrected chi connectivity index (χ1v) is 5.09. The van der Waals surface area contributed by atoms with E-state index in [4.69, 9.17) is 9.52 Å². The second-order valence-corrected chi connectivity index (χ2v) is 3.88. The zero-order valence-electron chi connectivity index (χ0n) is 8.03. The normalized spacial score (nSPS) is 18.3. The van der Waals surface area contributed by atoms with E-state index in [9.17, 15) is 4.79 Å². The van der Waals surface area contributed by atoms with Gasteiger partial charge in [-0.25, -0.2) is 4.79 Å². The molecule has 0 unspecified atom stereocenters. The number of carbonyl (C=O) groups is 1. The quantitative estimate of drug-likeness (QED) is 0.787. The fourth-order valence-electron chi connectivity index (χ4n) is 2.11. The van der Waals surface area contributed by atoms with Crippen LogP contribution in [-0.2, 0) is 0 Å². The molecule has 1 aromatic rings. The van der Waals surface area contributed by atoms with Crippen LogP contribution in [0.25, 0.3) is 0 Å². The van der Waals surface area contributed by atoms with Crippen LogP contribution in [0.15, 0.2) is 16.7 Å². The van der Waals surface area contributed by atoms with Gasteiger partial charge in [0.05, 0.1) is 6.26 Å². The molecule has 1 fully saturated rings. The predicted octanol–water partition coefficient (Wildman–Crippen LogP) is 3.03. The van der Waals surface area contributed by atoms with Crippen molar-refractivity contribution in [2.75, 3.05) is 0 Å². The van der Waals surface area contributed by atoms with E-state index in [2.05, 4.69) is 0 Å². The first kappa shape index (κ1) is 9.31. The highest BCUT2D eigenvalue weighted by Gasteiger charge is 2.19. The van der Waals surface area contributed by atoms with E-state index in [0.29, 0.717) is 5.92 Å². The van der Waals surface area contributed by atoms with Gasteiger partial charge in [0, 0.05) is 0 Å². The minimum atomic E-state index is -0.980. The highest BCUT2D eigenvalue weighted by atomic mass is 16.4. The van der Waals surface area contributed by atoms with E-state index in [1.165, 1.54) is 32.1 Å². The lowest BCUT2D eigenvalue weighted by Crippen LogP contribution is -2.03. The van der Waals surface area contributed by atoms with E-state index in [0.717, 1.165) is 5.56 Å². The summed E-state index contributed by atoms with van der Waals surface area (Å²) in [5.74, 6) is -0.404. The Hall–Kier alpha value is -1.25. The largest absolute Gasteiger partial charge is 0.475 e. The number of hydrogen-bond donors (Lipinski definition) is 1. The van der Waals surface area contributed by atoms with Crippen LogP contribution in [0.5, 0.6) is 0 Å². The summed E-state index contributed by atoms with van der Waals surface area (Å²) in [6.07, 6.45) is 7.73. The maximum atomic E-state index is 10.6. The molecule has 1 heterocycles. The molecule has 14 heavy (non-hydrogen) atoms. The molecule has 1 aliphatic carbocycles. The van der Waals surface area contributed by atoms with Crippen molar-refractivity contribution in [3.05, 3.63) is 23.7 Å². The zero-order valence-corrected chi connectivity index (χ0v) is 8.03. The van der Waals surface area contributed by atoms with Crippen LogP contribution >= 0.6 is 0 Å². The maximum Gasteiger partial charge on any atom is 0.371 e. The van der Waals surface area contributed by atoms with Gasteiger partial charge in [-0.3, -0.25) is 0 Å². The van der Waals surface area contributed by atoms with Gasteiger partial charge in [0.1, 0.15) is 0 Å². The van der Waals surface area contributed by atoms with Crippen molar-refractivity contribution in [1.29, 1.82) is 0 Å². The van der Waals surface area contributed by atoms with Gasteiger partial charge in [-0.1, -0.05) is 19.3 Å². The van der Waals surface area contributed by atoms with Crippen molar-refractivity contribution in [2.24, 2.45) is 0 Å². The van der Waals surface area contributed by atoms with Gasteiger partial charge in [0.2, 0.25) is 5.76 Å². The highest BCUT2D eigenvalue weighted by molar-refractivity contribution is 5.84. The van der Waals surface area contributed by atoms with Gasteiger partial charge < -0.3 is 9.52 Å². The SMILES string of the molecule is O=C(O)c1cc(C2CCCCC2)co1. The summed E-state index contributed by atoms with van der Waals surface area (Å²) in [5.41, 5.74) is 1.06. The molecule has 1 aliphatic rings. The molecular formula is C11H14O3. The lowest BCUT2D eigenvalue weighted by atomic mass is 9.85. The van der Waals surface area contributed by atoms with Crippen molar-refractivity contribution < 1.29 is 14.3 Å². The van der Waals surface area contributed by atoms with Crippen LogP contribution in [0.4, 0.5) is 0 Å². The van der Waals surface area contributed by atoms with Crippen molar-refractivity contribution in [3.63, 3.8) is 0 Å². The first-order valence-electron chi connectivity index (χ1n) is 5.09. The van der Waals surface area contributed by atoms with Crippen molar-refractivity contribution >= 4 is 5.97 Å². The number of carboxylic acid groups (broad SMARTS) is 1. The Morgan fingerprint density at radius 3 is 2.64 bits per heavy atom. The molecule has 76 valence electrons. The van der Waals surface area contributed by atoms with Crippen molar-refractivity contribution in [3.8, 4) is 0 Å². The molecule has 0 radical (unpaired) electrons. The molecule has 0 aliphatic heterocycles. The third kappa shape index (κ3) is 1.81. The molecule has 1 aromatic heterocycles. The lowest BCUT2D eigenvalue weighted by molar-refractivity contribution is 0.0662. The molecule has 0 aromatic carbocycles. The second-order valence-electron chi connectivity index (χ2n) is 3.88. The monoisotopic (exact) mass is 194 g/mol. The van der Waals surface area contributed by atoms with E-state index >= 15 is 0 Å². The van der Waals surface area contributed by atoms with E-state index in [1.807, 2.05) is 0 Å². The van der Waals surface area contributed by atoms with Gasteiger partial charge in [0.15, 0.2) is 0 Å². The second kappa shape index (κ2) is 3.86. The average molecular weight is 194 g/mol. The van der Waals surface area contributed by atoms with Crippen LogP contribution in [0.2, 0.25) is 0 Å². The average Bonchev–Trinajstić information content (AvgIpc) is 2.68. The summed E-state index contributed by atoms with van der Waals surface area (Å²) in [4.78, 5) is 10.6. The minimum Gasteiger partial charge on any atom is -0.475 e. The molecule has 0 bridgehead atoms. The van der Waals surface area contributed by atoms with E-state index < -0.39 is 5.97 Å². The van der Waals surface area contributed by atoms with Crippen LogP contribution < -0.4 is 0 Å². The molecule has 0 atom stereocenters. The lowest BCUT2D eigenvalue weighted by Gasteiger charge is -2.19. The summed E-state index contributed by atoms with van der Waals surface area (Å²) < 4.78 is 4.98. The van der Waals surface area contributed by atoms with Gasteiger partial charge in [-0.05, 0) is 30.4 Å². The van der Waals surface area contributed by atoms with E-state index in [1.54, 1.807) is 12.3 Å². The zero-order chi connectivity index (χ0) is 9.97. The third-order valence-electron chi connectivity index (χ3n) is 2.91.